The number of aromatic nitrogens is 2. The standard InChI is InChI=1S/C29H31FN4O3/c1-19(2)26-15-21(7-8-31-26)29(35)33-27-17-23(20(3)14-24(27)30)22-16-28(34-9-12-37-13-10-34)25(32-18-22)6-5-11-36-4/h7-8,14-19H,9-13H2,1-4H3,(H,33,35). The Bertz CT molecular complexity index is 1340. The first kappa shape index (κ1) is 26.3. The third kappa shape index (κ3) is 6.31. The monoisotopic (exact) mass is 502 g/mol. The molecule has 3 aromatic rings. The van der Waals surface area contributed by atoms with E-state index in [2.05, 4.69) is 32.0 Å². The second kappa shape index (κ2) is 12.0. The fourth-order valence-electron chi connectivity index (χ4n) is 4.11. The molecule has 7 nitrogen and oxygen atoms in total. The first-order chi connectivity index (χ1) is 17.9. The van der Waals surface area contributed by atoms with Gasteiger partial charge in [0.15, 0.2) is 0 Å². The predicted molar refractivity (Wildman–Crippen MR) is 142 cm³/mol. The number of carbonyl (C=O) groups is 1. The van der Waals surface area contributed by atoms with Gasteiger partial charge in [-0.25, -0.2) is 9.37 Å². The van der Waals surface area contributed by atoms with Crippen molar-refractivity contribution in [3.8, 4) is 23.0 Å². The number of halogens is 1. The lowest BCUT2D eigenvalue weighted by molar-refractivity contribution is 0.102. The number of aryl methyl sites for hydroxylation is 1. The second-order valence-electron chi connectivity index (χ2n) is 9.15. The number of morpholine rings is 1. The van der Waals surface area contributed by atoms with Crippen LogP contribution in [0.15, 0.2) is 42.7 Å². The molecule has 0 aliphatic carbocycles. The molecule has 8 heteroatoms. The molecule has 1 N–H and O–H groups in total. The zero-order valence-electron chi connectivity index (χ0n) is 21.6. The van der Waals surface area contributed by atoms with Crippen molar-refractivity contribution in [3.63, 3.8) is 0 Å². The first-order valence-electron chi connectivity index (χ1n) is 12.3. The van der Waals surface area contributed by atoms with Crippen LogP contribution in [0.2, 0.25) is 0 Å². The van der Waals surface area contributed by atoms with Gasteiger partial charge in [-0.3, -0.25) is 9.78 Å². The lowest BCUT2D eigenvalue weighted by Gasteiger charge is -2.29. The highest BCUT2D eigenvalue weighted by Crippen LogP contribution is 2.32. The van der Waals surface area contributed by atoms with E-state index in [9.17, 15) is 9.18 Å². The highest BCUT2D eigenvalue weighted by atomic mass is 19.1. The minimum atomic E-state index is -0.504. The van der Waals surface area contributed by atoms with Gasteiger partial charge in [0.05, 0.1) is 24.6 Å². The molecule has 0 spiro atoms. The Morgan fingerprint density at radius 2 is 2.00 bits per heavy atom. The van der Waals surface area contributed by atoms with Crippen molar-refractivity contribution >= 4 is 17.3 Å². The molecule has 0 saturated carbocycles. The van der Waals surface area contributed by atoms with Gasteiger partial charge >= 0.3 is 0 Å². The van der Waals surface area contributed by atoms with Gasteiger partial charge in [-0.15, -0.1) is 0 Å². The SMILES string of the molecule is COCC#Cc1ncc(-c2cc(NC(=O)c3ccnc(C(C)C)c3)c(F)cc2C)cc1N1CCOCC1. The summed E-state index contributed by atoms with van der Waals surface area (Å²) in [6, 6.07) is 8.45. The van der Waals surface area contributed by atoms with Crippen LogP contribution in [0.5, 0.6) is 0 Å². The molecule has 37 heavy (non-hydrogen) atoms. The van der Waals surface area contributed by atoms with Crippen LogP contribution >= 0.6 is 0 Å². The number of methoxy groups -OCH3 is 1. The Hall–Kier alpha value is -3.80. The van der Waals surface area contributed by atoms with Gasteiger partial charge in [-0.2, -0.15) is 0 Å². The van der Waals surface area contributed by atoms with E-state index >= 15 is 0 Å². The quantitative estimate of drug-likeness (QED) is 0.488. The van der Waals surface area contributed by atoms with E-state index in [1.807, 2.05) is 26.8 Å². The third-order valence-electron chi connectivity index (χ3n) is 6.15. The van der Waals surface area contributed by atoms with Crippen LogP contribution in [-0.2, 0) is 9.47 Å². The average Bonchev–Trinajstić information content (AvgIpc) is 2.91. The van der Waals surface area contributed by atoms with Crippen molar-refractivity contribution in [3.05, 3.63) is 71.1 Å². The number of benzene rings is 1. The van der Waals surface area contributed by atoms with Crippen molar-refractivity contribution in [1.82, 2.24) is 9.97 Å². The normalized spacial score (nSPS) is 13.3. The van der Waals surface area contributed by atoms with E-state index in [1.165, 1.54) is 6.07 Å². The van der Waals surface area contributed by atoms with Crippen LogP contribution in [0.3, 0.4) is 0 Å². The Morgan fingerprint density at radius 3 is 2.73 bits per heavy atom. The number of anilines is 2. The minimum absolute atomic E-state index is 0.102. The number of carbonyl (C=O) groups excluding carboxylic acids is 1. The summed E-state index contributed by atoms with van der Waals surface area (Å²) in [5.74, 6) is 5.34. The van der Waals surface area contributed by atoms with Crippen molar-refractivity contribution < 1.29 is 18.7 Å². The molecule has 1 aliphatic heterocycles. The summed E-state index contributed by atoms with van der Waals surface area (Å²) in [5.41, 5.74) is 5.17. The highest BCUT2D eigenvalue weighted by molar-refractivity contribution is 6.04. The largest absolute Gasteiger partial charge is 0.378 e. The number of hydrogen-bond acceptors (Lipinski definition) is 6. The van der Waals surface area contributed by atoms with E-state index in [4.69, 9.17) is 9.47 Å². The smallest absolute Gasteiger partial charge is 0.255 e. The van der Waals surface area contributed by atoms with Gasteiger partial charge in [-0.05, 0) is 60.2 Å². The molecule has 0 radical (unpaired) electrons. The molecule has 1 fully saturated rings. The lowest BCUT2D eigenvalue weighted by atomic mass is 9.99. The topological polar surface area (TPSA) is 76.6 Å². The van der Waals surface area contributed by atoms with Crippen LogP contribution in [0.25, 0.3) is 11.1 Å². The van der Waals surface area contributed by atoms with Crippen LogP contribution in [0, 0.1) is 24.6 Å². The average molecular weight is 503 g/mol. The van der Waals surface area contributed by atoms with E-state index in [1.54, 1.807) is 37.7 Å². The molecule has 0 bridgehead atoms. The molecule has 1 aromatic carbocycles. The Labute approximate surface area is 217 Å². The number of rotatable bonds is 6. The maximum atomic E-state index is 14.9. The summed E-state index contributed by atoms with van der Waals surface area (Å²) in [7, 11) is 1.60. The minimum Gasteiger partial charge on any atom is -0.378 e. The van der Waals surface area contributed by atoms with E-state index in [0.29, 0.717) is 31.1 Å². The zero-order valence-corrected chi connectivity index (χ0v) is 21.6. The molecule has 1 saturated heterocycles. The number of amides is 1. The molecule has 1 amide bonds. The molecular formula is C29H31FN4O3. The molecule has 3 heterocycles. The van der Waals surface area contributed by atoms with Gasteiger partial charge in [0.2, 0.25) is 0 Å². The summed E-state index contributed by atoms with van der Waals surface area (Å²) in [6.45, 7) is 8.83. The summed E-state index contributed by atoms with van der Waals surface area (Å²) in [6.07, 6.45) is 3.32. The summed E-state index contributed by atoms with van der Waals surface area (Å²) in [5, 5.41) is 2.73. The number of ether oxygens (including phenoxy) is 2. The molecule has 2 aromatic heterocycles. The van der Waals surface area contributed by atoms with Gasteiger partial charge in [0, 0.05) is 49.4 Å². The molecule has 192 valence electrons. The summed E-state index contributed by atoms with van der Waals surface area (Å²) >= 11 is 0. The molecule has 1 aliphatic rings. The first-order valence-corrected chi connectivity index (χ1v) is 12.3. The zero-order chi connectivity index (χ0) is 26.4. The highest BCUT2D eigenvalue weighted by Gasteiger charge is 2.19. The van der Waals surface area contributed by atoms with Crippen molar-refractivity contribution in [2.75, 3.05) is 50.2 Å². The maximum Gasteiger partial charge on any atom is 0.255 e. The molecule has 0 unspecified atom stereocenters. The van der Waals surface area contributed by atoms with Gasteiger partial charge in [0.25, 0.3) is 5.91 Å². The van der Waals surface area contributed by atoms with E-state index in [0.717, 1.165) is 41.2 Å². The molecular weight excluding hydrogens is 471 g/mol. The van der Waals surface area contributed by atoms with Crippen LogP contribution in [-0.4, -0.2) is 55.9 Å². The summed E-state index contributed by atoms with van der Waals surface area (Å²) < 4.78 is 25.5. The fraction of sp³-hybridized carbons (Fsp3) is 0.345. The lowest BCUT2D eigenvalue weighted by Crippen LogP contribution is -2.36. The maximum absolute atomic E-state index is 14.9. The van der Waals surface area contributed by atoms with Crippen molar-refractivity contribution in [2.24, 2.45) is 0 Å². The van der Waals surface area contributed by atoms with Crippen molar-refractivity contribution in [2.45, 2.75) is 26.7 Å². The fourth-order valence-corrected chi connectivity index (χ4v) is 4.11. The number of hydrogen-bond donors (Lipinski definition) is 1. The number of nitrogens with zero attached hydrogens (tertiary/aromatic N) is 3. The van der Waals surface area contributed by atoms with Gasteiger partial charge in [-0.1, -0.05) is 19.8 Å². The van der Waals surface area contributed by atoms with Gasteiger partial charge in [0.1, 0.15) is 18.1 Å². The Kier molecular flexibility index (Phi) is 8.49. The van der Waals surface area contributed by atoms with E-state index in [-0.39, 0.29) is 11.6 Å². The number of nitrogens with one attached hydrogen (secondary N) is 1. The van der Waals surface area contributed by atoms with Crippen LogP contribution in [0.1, 0.15) is 47.1 Å². The van der Waals surface area contributed by atoms with Gasteiger partial charge < -0.3 is 19.7 Å². The van der Waals surface area contributed by atoms with Crippen LogP contribution in [0.4, 0.5) is 15.8 Å². The number of pyridine rings is 2. The second-order valence-corrected chi connectivity index (χ2v) is 9.15. The molecule has 4 rings (SSSR count). The van der Waals surface area contributed by atoms with E-state index < -0.39 is 11.7 Å². The summed E-state index contributed by atoms with van der Waals surface area (Å²) in [4.78, 5) is 24.1. The Morgan fingerprint density at radius 1 is 1.22 bits per heavy atom. The Balaban J connectivity index is 1.69. The van der Waals surface area contributed by atoms with Crippen LogP contribution < -0.4 is 10.2 Å². The van der Waals surface area contributed by atoms with Crippen molar-refractivity contribution in [1.29, 1.82) is 0 Å². The third-order valence-corrected chi connectivity index (χ3v) is 6.15. The predicted octanol–water partition coefficient (Wildman–Crippen LogP) is 4.80. The molecule has 0 atom stereocenters.